The van der Waals surface area contributed by atoms with Crippen molar-refractivity contribution in [2.45, 2.75) is 13.3 Å². The second-order valence-corrected chi connectivity index (χ2v) is 5.50. The predicted molar refractivity (Wildman–Crippen MR) is 92.0 cm³/mol. The molecule has 0 saturated carbocycles. The van der Waals surface area contributed by atoms with E-state index in [-0.39, 0.29) is 5.91 Å². The molecule has 2 N–H and O–H groups in total. The van der Waals surface area contributed by atoms with E-state index >= 15 is 0 Å². The van der Waals surface area contributed by atoms with Gasteiger partial charge in [0.25, 0.3) is 5.91 Å². The summed E-state index contributed by atoms with van der Waals surface area (Å²) in [6.07, 6.45) is 0.933. The van der Waals surface area contributed by atoms with Crippen molar-refractivity contribution < 1.29 is 4.79 Å². The summed E-state index contributed by atoms with van der Waals surface area (Å²) in [5, 5.41) is 14.1. The fraction of sp³-hybridized carbons (Fsp3) is 0.353. The number of hydrogen-bond acceptors (Lipinski definition) is 5. The van der Waals surface area contributed by atoms with E-state index in [4.69, 9.17) is 0 Å². The first-order chi connectivity index (χ1) is 11.1. The number of carbonyl (C=O) groups excluding carboxylic acids is 1. The number of para-hydroxylation sites is 1. The van der Waals surface area contributed by atoms with E-state index in [1.807, 2.05) is 37.2 Å². The third-order valence-corrected chi connectivity index (χ3v) is 3.40. The summed E-state index contributed by atoms with van der Waals surface area (Å²) in [7, 11) is 3.92. The van der Waals surface area contributed by atoms with Gasteiger partial charge in [-0.05, 0) is 44.3 Å². The Kier molecular flexibility index (Phi) is 6.05. The number of benzene rings is 1. The van der Waals surface area contributed by atoms with Gasteiger partial charge in [-0.25, -0.2) is 0 Å². The summed E-state index contributed by atoms with van der Waals surface area (Å²) >= 11 is 0. The molecular weight excluding hydrogens is 290 g/mol. The molecule has 0 fully saturated rings. The van der Waals surface area contributed by atoms with Crippen LogP contribution in [0.5, 0.6) is 0 Å². The number of amides is 1. The number of nitrogens with zero attached hydrogens (tertiary/aromatic N) is 3. The minimum Gasteiger partial charge on any atom is -0.349 e. The molecule has 1 amide bonds. The summed E-state index contributed by atoms with van der Waals surface area (Å²) in [5.74, 6) is 0.413. The Labute approximate surface area is 136 Å². The highest BCUT2D eigenvalue weighted by Crippen LogP contribution is 2.19. The molecule has 0 bridgehead atoms. The van der Waals surface area contributed by atoms with Crippen molar-refractivity contribution in [1.82, 2.24) is 20.4 Å². The van der Waals surface area contributed by atoms with Gasteiger partial charge in [-0.2, -0.15) is 0 Å². The van der Waals surface area contributed by atoms with Crippen LogP contribution in [0.15, 0.2) is 36.4 Å². The molecular formula is C17H23N5O. The lowest BCUT2D eigenvalue weighted by molar-refractivity contribution is 0.0945. The third-order valence-electron chi connectivity index (χ3n) is 3.40. The van der Waals surface area contributed by atoms with Gasteiger partial charge in [0.2, 0.25) is 0 Å². The first-order valence-corrected chi connectivity index (χ1v) is 7.71. The van der Waals surface area contributed by atoms with Crippen molar-refractivity contribution >= 4 is 17.4 Å². The largest absolute Gasteiger partial charge is 0.349 e. The molecule has 0 unspecified atom stereocenters. The quantitative estimate of drug-likeness (QED) is 0.819. The Morgan fingerprint density at radius 3 is 2.57 bits per heavy atom. The average Bonchev–Trinajstić information content (AvgIpc) is 2.55. The molecule has 6 nitrogen and oxygen atoms in total. The zero-order chi connectivity index (χ0) is 16.7. The summed E-state index contributed by atoms with van der Waals surface area (Å²) in [4.78, 5) is 13.9. The van der Waals surface area contributed by atoms with Crippen LogP contribution in [0.1, 0.15) is 23.0 Å². The number of carbonyl (C=O) groups is 1. The van der Waals surface area contributed by atoms with Crippen LogP contribution in [0.3, 0.4) is 0 Å². The van der Waals surface area contributed by atoms with E-state index in [1.165, 1.54) is 5.56 Å². The van der Waals surface area contributed by atoms with E-state index < -0.39 is 0 Å². The van der Waals surface area contributed by atoms with Crippen LogP contribution >= 0.6 is 0 Å². The summed E-state index contributed by atoms with van der Waals surface area (Å²) < 4.78 is 0. The minimum absolute atomic E-state index is 0.208. The molecule has 0 aliphatic rings. The number of rotatable bonds is 7. The fourth-order valence-corrected chi connectivity index (χ4v) is 2.09. The van der Waals surface area contributed by atoms with Crippen molar-refractivity contribution in [2.24, 2.45) is 0 Å². The van der Waals surface area contributed by atoms with Gasteiger partial charge in [-0.3, -0.25) is 4.79 Å². The number of hydrogen-bond donors (Lipinski definition) is 2. The van der Waals surface area contributed by atoms with Gasteiger partial charge in [-0.15, -0.1) is 10.2 Å². The number of aromatic nitrogens is 2. The zero-order valence-corrected chi connectivity index (χ0v) is 13.8. The Hall–Kier alpha value is -2.47. The maximum atomic E-state index is 11.9. The number of likely N-dealkylation sites (N-methyl/N-ethyl adjacent to an activating group) is 1. The molecule has 1 aromatic carbocycles. The topological polar surface area (TPSA) is 70.2 Å². The first kappa shape index (κ1) is 16.9. The summed E-state index contributed by atoms with van der Waals surface area (Å²) in [5.41, 5.74) is 2.53. The number of nitrogens with one attached hydrogen (secondary N) is 2. The van der Waals surface area contributed by atoms with Crippen molar-refractivity contribution in [1.29, 1.82) is 0 Å². The molecule has 23 heavy (non-hydrogen) atoms. The number of anilines is 2. The predicted octanol–water partition coefficient (Wildman–Crippen LogP) is 2.07. The zero-order valence-electron chi connectivity index (χ0n) is 13.8. The molecule has 2 aromatic rings. The standard InChI is InChI=1S/C17H23N5O/c1-4-13-7-5-6-8-14(13)19-16-10-9-15(20-21-16)17(23)18-11-12-22(2)3/h5-10H,4,11-12H2,1-3H3,(H,18,23)(H,19,21). The lowest BCUT2D eigenvalue weighted by Gasteiger charge is -2.11. The van der Waals surface area contributed by atoms with Crippen molar-refractivity contribution in [3.05, 3.63) is 47.7 Å². The molecule has 0 saturated heterocycles. The summed E-state index contributed by atoms with van der Waals surface area (Å²) in [6.45, 7) is 3.47. The normalized spacial score (nSPS) is 10.6. The van der Waals surface area contributed by atoms with E-state index in [1.54, 1.807) is 12.1 Å². The molecule has 0 radical (unpaired) electrons. The lowest BCUT2D eigenvalue weighted by Crippen LogP contribution is -2.31. The molecule has 1 aromatic heterocycles. The van der Waals surface area contributed by atoms with Gasteiger partial charge in [0.05, 0.1) is 0 Å². The van der Waals surface area contributed by atoms with Crippen LogP contribution in [-0.4, -0.2) is 48.2 Å². The Balaban J connectivity index is 1.98. The minimum atomic E-state index is -0.208. The lowest BCUT2D eigenvalue weighted by atomic mass is 10.1. The highest BCUT2D eigenvalue weighted by molar-refractivity contribution is 5.92. The van der Waals surface area contributed by atoms with Crippen LogP contribution in [-0.2, 0) is 6.42 Å². The van der Waals surface area contributed by atoms with Crippen LogP contribution in [0.25, 0.3) is 0 Å². The monoisotopic (exact) mass is 313 g/mol. The van der Waals surface area contributed by atoms with Crippen LogP contribution < -0.4 is 10.6 Å². The van der Waals surface area contributed by atoms with Crippen molar-refractivity contribution in [2.75, 3.05) is 32.5 Å². The van der Waals surface area contributed by atoms with E-state index in [9.17, 15) is 4.79 Å². The molecule has 122 valence electrons. The van der Waals surface area contributed by atoms with E-state index in [2.05, 4.69) is 33.8 Å². The average molecular weight is 313 g/mol. The SMILES string of the molecule is CCc1ccccc1Nc1ccc(C(=O)NCCN(C)C)nn1. The van der Waals surface area contributed by atoms with Crippen LogP contribution in [0.4, 0.5) is 11.5 Å². The van der Waals surface area contributed by atoms with Crippen molar-refractivity contribution in [3.8, 4) is 0 Å². The molecule has 2 rings (SSSR count). The van der Waals surface area contributed by atoms with Gasteiger partial charge in [0.15, 0.2) is 11.5 Å². The van der Waals surface area contributed by atoms with Crippen LogP contribution in [0.2, 0.25) is 0 Å². The van der Waals surface area contributed by atoms with Gasteiger partial charge in [-0.1, -0.05) is 25.1 Å². The van der Waals surface area contributed by atoms with Gasteiger partial charge < -0.3 is 15.5 Å². The van der Waals surface area contributed by atoms with E-state index in [0.29, 0.717) is 18.1 Å². The van der Waals surface area contributed by atoms with Gasteiger partial charge in [0, 0.05) is 18.8 Å². The van der Waals surface area contributed by atoms with Crippen molar-refractivity contribution in [3.63, 3.8) is 0 Å². The molecule has 0 atom stereocenters. The maximum absolute atomic E-state index is 11.9. The second kappa shape index (κ2) is 8.24. The maximum Gasteiger partial charge on any atom is 0.271 e. The molecule has 0 spiro atoms. The number of aryl methyl sites for hydroxylation is 1. The summed E-state index contributed by atoms with van der Waals surface area (Å²) in [6, 6.07) is 11.5. The third kappa shape index (κ3) is 5.03. The Morgan fingerprint density at radius 2 is 1.91 bits per heavy atom. The Morgan fingerprint density at radius 1 is 1.13 bits per heavy atom. The smallest absolute Gasteiger partial charge is 0.271 e. The van der Waals surface area contributed by atoms with Gasteiger partial charge >= 0.3 is 0 Å². The Bertz CT molecular complexity index is 640. The first-order valence-electron chi connectivity index (χ1n) is 7.71. The molecule has 6 heteroatoms. The second-order valence-electron chi connectivity index (χ2n) is 5.50. The molecule has 0 aliphatic carbocycles. The highest BCUT2D eigenvalue weighted by Gasteiger charge is 2.08. The molecule has 1 heterocycles. The van der Waals surface area contributed by atoms with E-state index in [0.717, 1.165) is 18.7 Å². The highest BCUT2D eigenvalue weighted by atomic mass is 16.1. The van der Waals surface area contributed by atoms with Crippen LogP contribution in [0, 0.1) is 0 Å². The van der Waals surface area contributed by atoms with Gasteiger partial charge in [0.1, 0.15) is 0 Å². The fourth-order valence-electron chi connectivity index (χ4n) is 2.09. The molecule has 0 aliphatic heterocycles.